The van der Waals surface area contributed by atoms with Crippen LogP contribution in [0.3, 0.4) is 0 Å². The van der Waals surface area contributed by atoms with E-state index in [1.807, 2.05) is 6.08 Å². The minimum absolute atomic E-state index is 0.100. The number of ether oxygens (including phenoxy) is 1. The molecule has 12 heteroatoms. The van der Waals surface area contributed by atoms with Gasteiger partial charge in [-0.25, -0.2) is 9.79 Å². The normalized spacial score (nSPS) is 24.2. The van der Waals surface area contributed by atoms with Gasteiger partial charge in [-0.2, -0.15) is 13.5 Å². The topological polar surface area (TPSA) is 156 Å². The van der Waals surface area contributed by atoms with E-state index >= 15 is 0 Å². The van der Waals surface area contributed by atoms with Gasteiger partial charge in [-0.05, 0) is 19.4 Å². The lowest BCUT2D eigenvalue weighted by Gasteiger charge is -2.34. The number of alkyl carbamates (subject to hydrolysis) is 1. The number of aliphatic imine (C=N–C) groups is 2. The van der Waals surface area contributed by atoms with Gasteiger partial charge in [-0.15, -0.1) is 4.28 Å². The summed E-state index contributed by atoms with van der Waals surface area (Å²) in [4.78, 5) is 20.2. The van der Waals surface area contributed by atoms with Crippen LogP contribution in [0.25, 0.3) is 0 Å². The summed E-state index contributed by atoms with van der Waals surface area (Å²) in [7, 11) is -4.85. The van der Waals surface area contributed by atoms with Crippen LogP contribution in [0.4, 0.5) is 4.79 Å². The maximum atomic E-state index is 11.6. The maximum Gasteiger partial charge on any atom is 0.418 e. The summed E-state index contributed by atoms with van der Waals surface area (Å²) in [6.45, 7) is 2.31. The Balaban J connectivity index is 2.28. The number of carbonyl (C=O) groups excluding carboxylic acids is 1. The Morgan fingerprint density at radius 1 is 1.58 bits per heavy atom. The van der Waals surface area contributed by atoms with E-state index in [1.54, 1.807) is 13.0 Å². The van der Waals surface area contributed by atoms with Crippen molar-refractivity contribution in [3.8, 4) is 0 Å². The first-order chi connectivity index (χ1) is 11.3. The number of hydrogen-bond donors (Lipinski definition) is 3. The Labute approximate surface area is 139 Å². The predicted octanol–water partition coefficient (Wildman–Crippen LogP) is -0.417. The average molecular weight is 361 g/mol. The van der Waals surface area contributed by atoms with Crippen LogP contribution in [-0.2, 0) is 19.4 Å². The van der Waals surface area contributed by atoms with Crippen LogP contribution >= 0.6 is 0 Å². The molecule has 134 valence electrons. The molecule has 2 heterocycles. The van der Waals surface area contributed by atoms with Crippen molar-refractivity contribution >= 4 is 28.2 Å². The van der Waals surface area contributed by atoms with E-state index in [4.69, 9.17) is 15.0 Å². The molecule has 0 aromatic carbocycles. The van der Waals surface area contributed by atoms with Gasteiger partial charge in [0.15, 0.2) is 0 Å². The number of dihydropyridines is 1. The van der Waals surface area contributed by atoms with Crippen molar-refractivity contribution in [1.29, 1.82) is 0 Å². The van der Waals surface area contributed by atoms with E-state index in [1.165, 1.54) is 0 Å². The molecule has 11 nitrogen and oxygen atoms in total. The molecule has 0 aliphatic carbocycles. The van der Waals surface area contributed by atoms with Crippen LogP contribution in [0.15, 0.2) is 22.1 Å². The minimum Gasteiger partial charge on any atom is -0.450 e. The smallest absolute Gasteiger partial charge is 0.418 e. The van der Waals surface area contributed by atoms with E-state index in [0.717, 1.165) is 6.42 Å². The number of nitrogens with two attached hydrogens (primary N) is 1. The quantitative estimate of drug-likeness (QED) is 0.570. The van der Waals surface area contributed by atoms with Crippen molar-refractivity contribution < 1.29 is 26.8 Å². The first kappa shape index (κ1) is 18.3. The summed E-state index contributed by atoms with van der Waals surface area (Å²) in [5.74, 6) is -0.295. The van der Waals surface area contributed by atoms with E-state index in [2.05, 4.69) is 19.6 Å². The van der Waals surface area contributed by atoms with E-state index in [-0.39, 0.29) is 19.0 Å². The van der Waals surface area contributed by atoms with Crippen LogP contribution in [-0.4, -0.2) is 61.2 Å². The van der Waals surface area contributed by atoms with Gasteiger partial charge in [0.05, 0.1) is 18.4 Å². The third kappa shape index (κ3) is 4.99. The van der Waals surface area contributed by atoms with Gasteiger partial charge in [-0.1, -0.05) is 6.08 Å². The summed E-state index contributed by atoms with van der Waals surface area (Å²) in [6.07, 6.45) is 2.86. The molecule has 0 aromatic rings. The molecule has 2 aliphatic rings. The highest BCUT2D eigenvalue weighted by atomic mass is 32.3. The third-order valence-corrected chi connectivity index (χ3v) is 3.49. The molecule has 0 spiro atoms. The van der Waals surface area contributed by atoms with Crippen molar-refractivity contribution in [1.82, 2.24) is 10.4 Å². The molecule has 2 aliphatic heterocycles. The van der Waals surface area contributed by atoms with Crippen LogP contribution in [0.2, 0.25) is 0 Å². The highest BCUT2D eigenvalue weighted by Gasteiger charge is 2.35. The zero-order valence-corrected chi connectivity index (χ0v) is 13.8. The second-order valence-corrected chi connectivity index (χ2v) is 5.95. The van der Waals surface area contributed by atoms with Crippen molar-refractivity contribution in [3.05, 3.63) is 12.2 Å². The molecule has 0 radical (unpaired) electrons. The van der Waals surface area contributed by atoms with Crippen molar-refractivity contribution in [2.24, 2.45) is 15.7 Å². The van der Waals surface area contributed by atoms with E-state index in [9.17, 15) is 13.2 Å². The highest BCUT2D eigenvalue weighted by molar-refractivity contribution is 7.80. The van der Waals surface area contributed by atoms with Gasteiger partial charge in [-0.3, -0.25) is 14.9 Å². The number of rotatable bonds is 4. The van der Waals surface area contributed by atoms with E-state index in [0.29, 0.717) is 17.3 Å². The first-order valence-electron chi connectivity index (χ1n) is 7.24. The molecule has 0 bridgehead atoms. The Hall–Kier alpha value is -2.02. The maximum absolute atomic E-state index is 11.6. The fraction of sp³-hybridized carbons (Fsp3) is 0.583. The number of hydrogen-bond acceptors (Lipinski definition) is 9. The number of nitrogens with one attached hydrogen (secondary N) is 1. The summed E-state index contributed by atoms with van der Waals surface area (Å²) in [5, 5.41) is 2.85. The van der Waals surface area contributed by atoms with Gasteiger partial charge in [0.25, 0.3) is 0 Å². The molecule has 24 heavy (non-hydrogen) atoms. The lowest BCUT2D eigenvalue weighted by Crippen LogP contribution is -2.57. The van der Waals surface area contributed by atoms with Gasteiger partial charge in [0.1, 0.15) is 6.17 Å². The second kappa shape index (κ2) is 7.70. The summed E-state index contributed by atoms with van der Waals surface area (Å²) >= 11 is 0. The molecule has 1 amide bonds. The van der Waals surface area contributed by atoms with Gasteiger partial charge >= 0.3 is 16.5 Å². The third-order valence-electron chi connectivity index (χ3n) is 3.14. The predicted molar refractivity (Wildman–Crippen MR) is 84.5 cm³/mol. The molecule has 0 aromatic heterocycles. The molecule has 2 rings (SSSR count). The molecule has 0 saturated carbocycles. The zero-order chi connectivity index (χ0) is 17.7. The van der Waals surface area contributed by atoms with Crippen molar-refractivity contribution in [2.45, 2.75) is 32.0 Å². The SMILES string of the molecule is CCOC(=O)NC1=NC(C2=NCCC=C2)CC(N)N1OS(=O)(=O)O. The molecule has 0 saturated heterocycles. The Kier molecular flexibility index (Phi) is 5.88. The number of nitrogens with zero attached hydrogens (tertiary/aromatic N) is 3. The fourth-order valence-electron chi connectivity index (χ4n) is 2.20. The monoisotopic (exact) mass is 361 g/mol. The number of guanidine groups is 1. The van der Waals surface area contributed by atoms with Crippen molar-refractivity contribution in [3.63, 3.8) is 0 Å². The Morgan fingerprint density at radius 2 is 2.33 bits per heavy atom. The summed E-state index contributed by atoms with van der Waals surface area (Å²) in [5.41, 5.74) is 6.56. The van der Waals surface area contributed by atoms with Crippen LogP contribution in [0.1, 0.15) is 19.8 Å². The molecular formula is C12H19N5O6S. The number of amides is 1. The van der Waals surface area contributed by atoms with Gasteiger partial charge in [0, 0.05) is 13.0 Å². The van der Waals surface area contributed by atoms with Gasteiger partial charge in [0.2, 0.25) is 5.96 Å². The number of hydroxylamine groups is 2. The number of carbonyl (C=O) groups is 1. The van der Waals surface area contributed by atoms with E-state index < -0.39 is 28.7 Å². The Morgan fingerprint density at radius 3 is 2.92 bits per heavy atom. The fourth-order valence-corrected chi connectivity index (χ4v) is 2.59. The van der Waals surface area contributed by atoms with Crippen LogP contribution in [0.5, 0.6) is 0 Å². The summed E-state index contributed by atoms with van der Waals surface area (Å²) < 4.78 is 40.0. The standard InChI is InChI=1S/C12H19N5O6S/c1-2-22-12(18)16-11-15-9(8-5-3-4-6-14-8)7-10(13)17(11)23-24(19,20)21/h3,5,9-10H,2,4,6-7,13H2,1H3,(H,15,16,18)(H,19,20,21). The average Bonchev–Trinajstić information content (AvgIpc) is 2.50. The lowest BCUT2D eigenvalue weighted by atomic mass is 10.0. The largest absolute Gasteiger partial charge is 0.450 e. The zero-order valence-electron chi connectivity index (χ0n) is 13.0. The van der Waals surface area contributed by atoms with Crippen LogP contribution < -0.4 is 11.1 Å². The minimum atomic E-state index is -4.85. The molecule has 2 unspecified atom stereocenters. The van der Waals surface area contributed by atoms with Crippen LogP contribution in [0, 0.1) is 0 Å². The second-order valence-electron chi connectivity index (χ2n) is 4.94. The lowest BCUT2D eigenvalue weighted by molar-refractivity contribution is -0.0365. The van der Waals surface area contributed by atoms with Crippen molar-refractivity contribution in [2.75, 3.05) is 13.2 Å². The highest BCUT2D eigenvalue weighted by Crippen LogP contribution is 2.18. The summed E-state index contributed by atoms with van der Waals surface area (Å²) in [6, 6.07) is -0.491. The molecule has 4 N–H and O–H groups in total. The Bertz CT molecular complexity index is 673. The molecular weight excluding hydrogens is 342 g/mol. The molecule has 0 fully saturated rings. The van der Waals surface area contributed by atoms with Gasteiger partial charge < -0.3 is 10.5 Å². The first-order valence-corrected chi connectivity index (χ1v) is 8.61. The molecule has 2 atom stereocenters.